The van der Waals surface area contributed by atoms with Crippen LogP contribution in [0.4, 0.5) is 5.69 Å². The molecule has 2 rings (SSSR count). The monoisotopic (exact) mass is 296 g/mol. The van der Waals surface area contributed by atoms with Gasteiger partial charge in [-0.05, 0) is 24.1 Å². The van der Waals surface area contributed by atoms with Gasteiger partial charge in [-0.15, -0.1) is 0 Å². The number of likely N-dealkylation sites (tertiary alicyclic amines) is 1. The van der Waals surface area contributed by atoms with Crippen molar-refractivity contribution in [3.05, 3.63) is 29.3 Å². The Balaban J connectivity index is 1.88. The van der Waals surface area contributed by atoms with Gasteiger partial charge in [-0.25, -0.2) is 0 Å². The molecule has 0 spiro atoms. The topological polar surface area (TPSA) is 69.6 Å². The molecule has 1 aromatic carbocycles. The first-order valence-electron chi connectivity index (χ1n) is 6.46. The highest BCUT2D eigenvalue weighted by Crippen LogP contribution is 2.23. The zero-order chi connectivity index (χ0) is 14.7. The van der Waals surface area contributed by atoms with Crippen LogP contribution in [0, 0.1) is 11.8 Å². The highest BCUT2D eigenvalue weighted by Gasteiger charge is 2.35. The highest BCUT2D eigenvalue weighted by molar-refractivity contribution is 6.30. The average Bonchev–Trinajstić information content (AvgIpc) is 2.70. The predicted molar refractivity (Wildman–Crippen MR) is 76.8 cm³/mol. The van der Waals surface area contributed by atoms with Gasteiger partial charge in [0.25, 0.3) is 0 Å². The summed E-state index contributed by atoms with van der Waals surface area (Å²) in [7, 11) is 0. The summed E-state index contributed by atoms with van der Waals surface area (Å²) in [6.07, 6.45) is 0. The van der Waals surface area contributed by atoms with Gasteiger partial charge in [-0.3, -0.25) is 14.5 Å². The van der Waals surface area contributed by atoms with Crippen molar-refractivity contribution in [3.8, 4) is 0 Å². The van der Waals surface area contributed by atoms with Crippen LogP contribution in [0.1, 0.15) is 6.92 Å². The van der Waals surface area contributed by atoms with Gasteiger partial charge in [0.05, 0.1) is 12.5 Å². The Bertz CT molecular complexity index is 521. The molecule has 20 heavy (non-hydrogen) atoms. The number of carboxylic acids is 1. The minimum absolute atomic E-state index is 0.0615. The van der Waals surface area contributed by atoms with Crippen LogP contribution in [0.5, 0.6) is 0 Å². The van der Waals surface area contributed by atoms with E-state index in [1.165, 1.54) is 0 Å². The van der Waals surface area contributed by atoms with E-state index in [2.05, 4.69) is 5.32 Å². The molecular formula is C14H17ClN2O3. The Kier molecular flexibility index (Phi) is 4.62. The van der Waals surface area contributed by atoms with Gasteiger partial charge in [0.1, 0.15) is 0 Å². The molecule has 0 aromatic heterocycles. The third kappa shape index (κ3) is 3.71. The highest BCUT2D eigenvalue weighted by atomic mass is 35.5. The largest absolute Gasteiger partial charge is 0.481 e. The van der Waals surface area contributed by atoms with Crippen LogP contribution in [-0.4, -0.2) is 41.5 Å². The molecule has 1 saturated heterocycles. The van der Waals surface area contributed by atoms with Crippen molar-refractivity contribution in [3.63, 3.8) is 0 Å². The fourth-order valence-corrected chi connectivity index (χ4v) is 2.68. The van der Waals surface area contributed by atoms with E-state index < -0.39 is 11.9 Å². The summed E-state index contributed by atoms with van der Waals surface area (Å²) in [5, 5.41) is 12.4. The lowest BCUT2D eigenvalue weighted by molar-refractivity contribution is -0.142. The zero-order valence-electron chi connectivity index (χ0n) is 11.2. The molecule has 2 N–H and O–H groups in total. The van der Waals surface area contributed by atoms with Crippen molar-refractivity contribution in [1.29, 1.82) is 0 Å². The number of carbonyl (C=O) groups is 2. The molecule has 0 saturated carbocycles. The standard InChI is InChI=1S/C14H17ClN2O3/c1-9-6-17(7-12(9)14(19)20)8-13(18)16-11-4-2-3-10(15)5-11/h2-5,9,12H,6-8H2,1H3,(H,16,18)(H,19,20). The fraction of sp³-hybridized carbons (Fsp3) is 0.429. The minimum atomic E-state index is -0.796. The number of amides is 1. The zero-order valence-corrected chi connectivity index (χ0v) is 11.9. The Morgan fingerprint density at radius 3 is 2.80 bits per heavy atom. The van der Waals surface area contributed by atoms with E-state index in [-0.39, 0.29) is 18.4 Å². The van der Waals surface area contributed by atoms with Crippen molar-refractivity contribution in [2.24, 2.45) is 11.8 Å². The molecule has 2 unspecified atom stereocenters. The van der Waals surface area contributed by atoms with Crippen molar-refractivity contribution in [1.82, 2.24) is 4.90 Å². The lowest BCUT2D eigenvalue weighted by atomic mass is 9.99. The van der Waals surface area contributed by atoms with Crippen molar-refractivity contribution in [2.45, 2.75) is 6.92 Å². The van der Waals surface area contributed by atoms with E-state index in [4.69, 9.17) is 16.7 Å². The Morgan fingerprint density at radius 2 is 2.20 bits per heavy atom. The molecule has 1 heterocycles. The molecule has 1 fully saturated rings. The van der Waals surface area contributed by atoms with Crippen molar-refractivity contribution < 1.29 is 14.7 Å². The molecular weight excluding hydrogens is 280 g/mol. The van der Waals surface area contributed by atoms with Gasteiger partial charge in [0, 0.05) is 23.8 Å². The lowest BCUT2D eigenvalue weighted by Crippen LogP contribution is -2.32. The first kappa shape index (κ1) is 14.8. The number of hydrogen-bond acceptors (Lipinski definition) is 3. The molecule has 1 aliphatic rings. The molecule has 1 aromatic rings. The average molecular weight is 297 g/mol. The van der Waals surface area contributed by atoms with Crippen molar-refractivity contribution in [2.75, 3.05) is 25.0 Å². The number of rotatable bonds is 4. The third-order valence-corrected chi connectivity index (χ3v) is 3.72. The second-order valence-electron chi connectivity index (χ2n) is 5.17. The van der Waals surface area contributed by atoms with Crippen LogP contribution >= 0.6 is 11.6 Å². The van der Waals surface area contributed by atoms with Gasteiger partial charge >= 0.3 is 5.97 Å². The maximum Gasteiger partial charge on any atom is 0.308 e. The molecule has 0 bridgehead atoms. The van der Waals surface area contributed by atoms with E-state index in [1.54, 1.807) is 24.3 Å². The van der Waals surface area contributed by atoms with Gasteiger partial charge in [-0.1, -0.05) is 24.6 Å². The quantitative estimate of drug-likeness (QED) is 0.891. The van der Waals surface area contributed by atoms with Crippen LogP contribution < -0.4 is 5.32 Å². The SMILES string of the molecule is CC1CN(CC(=O)Nc2cccc(Cl)c2)CC1C(=O)O. The number of carbonyl (C=O) groups excluding carboxylic acids is 1. The number of halogens is 1. The second kappa shape index (κ2) is 6.24. The summed E-state index contributed by atoms with van der Waals surface area (Å²) < 4.78 is 0. The molecule has 6 heteroatoms. The lowest BCUT2D eigenvalue weighted by Gasteiger charge is -2.14. The molecule has 1 aliphatic heterocycles. The summed E-state index contributed by atoms with van der Waals surface area (Å²) in [5.74, 6) is -1.29. The third-order valence-electron chi connectivity index (χ3n) is 3.48. The number of anilines is 1. The summed E-state index contributed by atoms with van der Waals surface area (Å²) in [4.78, 5) is 24.8. The Hall–Kier alpha value is -1.59. The molecule has 1 amide bonds. The summed E-state index contributed by atoms with van der Waals surface area (Å²) >= 11 is 5.84. The van der Waals surface area contributed by atoms with Crippen molar-refractivity contribution >= 4 is 29.2 Å². The molecule has 0 radical (unpaired) electrons. The van der Waals surface area contributed by atoms with E-state index in [9.17, 15) is 9.59 Å². The number of hydrogen-bond donors (Lipinski definition) is 2. The van der Waals surface area contributed by atoms with Gasteiger partial charge in [0.15, 0.2) is 0 Å². The Labute approximate surface area is 122 Å². The first-order valence-corrected chi connectivity index (χ1v) is 6.84. The fourth-order valence-electron chi connectivity index (χ4n) is 2.49. The molecule has 5 nitrogen and oxygen atoms in total. The van der Waals surface area contributed by atoms with E-state index in [1.807, 2.05) is 11.8 Å². The maximum atomic E-state index is 11.9. The predicted octanol–water partition coefficient (Wildman–Crippen LogP) is 1.93. The normalized spacial score (nSPS) is 22.7. The number of carboxylic acid groups (broad SMARTS) is 1. The second-order valence-corrected chi connectivity index (χ2v) is 5.61. The van der Waals surface area contributed by atoms with Crippen LogP contribution in [0.15, 0.2) is 24.3 Å². The smallest absolute Gasteiger partial charge is 0.308 e. The molecule has 2 atom stereocenters. The van der Waals surface area contributed by atoms with Crippen LogP contribution in [-0.2, 0) is 9.59 Å². The minimum Gasteiger partial charge on any atom is -0.481 e. The van der Waals surface area contributed by atoms with Crippen LogP contribution in [0.3, 0.4) is 0 Å². The number of aliphatic carboxylic acids is 1. The summed E-state index contributed by atoms with van der Waals surface area (Å²) in [6.45, 7) is 3.13. The number of nitrogens with zero attached hydrogens (tertiary/aromatic N) is 1. The van der Waals surface area contributed by atoms with E-state index in [0.717, 1.165) is 0 Å². The Morgan fingerprint density at radius 1 is 1.45 bits per heavy atom. The summed E-state index contributed by atoms with van der Waals surface area (Å²) in [6, 6.07) is 6.93. The number of benzene rings is 1. The van der Waals surface area contributed by atoms with E-state index in [0.29, 0.717) is 23.8 Å². The molecule has 0 aliphatic carbocycles. The van der Waals surface area contributed by atoms with Gasteiger partial charge < -0.3 is 10.4 Å². The van der Waals surface area contributed by atoms with E-state index >= 15 is 0 Å². The first-order chi connectivity index (χ1) is 9.45. The van der Waals surface area contributed by atoms with Crippen LogP contribution in [0.2, 0.25) is 5.02 Å². The number of nitrogens with one attached hydrogen (secondary N) is 1. The van der Waals surface area contributed by atoms with Gasteiger partial charge in [0.2, 0.25) is 5.91 Å². The van der Waals surface area contributed by atoms with Crippen LogP contribution in [0.25, 0.3) is 0 Å². The summed E-state index contributed by atoms with van der Waals surface area (Å²) in [5.41, 5.74) is 0.643. The maximum absolute atomic E-state index is 11.9. The van der Waals surface area contributed by atoms with Gasteiger partial charge in [-0.2, -0.15) is 0 Å². The molecule has 108 valence electrons.